The van der Waals surface area contributed by atoms with E-state index in [-0.39, 0.29) is 25.2 Å². The van der Waals surface area contributed by atoms with Crippen molar-refractivity contribution >= 4 is 24.1 Å². The molecule has 8 nitrogen and oxygen atoms in total. The molecule has 0 radical (unpaired) electrons. The molecule has 1 atom stereocenters. The van der Waals surface area contributed by atoms with Crippen molar-refractivity contribution in [3.63, 3.8) is 0 Å². The summed E-state index contributed by atoms with van der Waals surface area (Å²) < 4.78 is 9.95. The fraction of sp³-hybridized carbons (Fsp3) is 0.765. The van der Waals surface area contributed by atoms with Crippen LogP contribution in [-0.4, -0.2) is 42.6 Å². The maximum Gasteiger partial charge on any atom is 0.324 e. The molecule has 0 aromatic carbocycles. The first kappa shape index (κ1) is 20.9. The first-order chi connectivity index (χ1) is 11.9. The molecule has 142 valence electrons. The van der Waals surface area contributed by atoms with Crippen LogP contribution in [0.4, 0.5) is 0 Å². The van der Waals surface area contributed by atoms with Gasteiger partial charge in [-0.05, 0) is 24.7 Å². The van der Waals surface area contributed by atoms with E-state index in [9.17, 15) is 14.4 Å². The molecule has 1 rings (SSSR count). The minimum absolute atomic E-state index is 0.111. The highest BCUT2D eigenvalue weighted by Crippen LogP contribution is 2.26. The summed E-state index contributed by atoms with van der Waals surface area (Å²) in [6.45, 7) is 3.53. The third kappa shape index (κ3) is 8.51. The van der Waals surface area contributed by atoms with Crippen LogP contribution < -0.4 is 5.32 Å². The van der Waals surface area contributed by atoms with Crippen molar-refractivity contribution in [2.75, 3.05) is 13.3 Å². The van der Waals surface area contributed by atoms with Crippen LogP contribution in [0.3, 0.4) is 0 Å². The Hall–Kier alpha value is -2.12. The average molecular weight is 356 g/mol. The van der Waals surface area contributed by atoms with Crippen molar-refractivity contribution in [3.05, 3.63) is 0 Å². The Morgan fingerprint density at radius 3 is 2.48 bits per heavy atom. The molecule has 0 aromatic rings. The number of amides is 1. The van der Waals surface area contributed by atoms with Gasteiger partial charge in [-0.1, -0.05) is 33.1 Å². The van der Waals surface area contributed by atoms with Gasteiger partial charge in [0.05, 0.1) is 12.8 Å². The zero-order chi connectivity index (χ0) is 18.7. The van der Waals surface area contributed by atoms with Crippen LogP contribution >= 0.6 is 0 Å². The number of carbonyl (C=O) groups excluding carboxylic acids is 3. The first-order valence-electron chi connectivity index (χ1n) is 8.71. The number of hydrogen-bond donors (Lipinski definition) is 2. The number of rotatable bonds is 9. The Labute approximate surface area is 147 Å². The van der Waals surface area contributed by atoms with Crippen molar-refractivity contribution in [3.8, 4) is 0 Å². The molecule has 0 heterocycles. The SMILES string of the molecule is CC(C)COC(=O)C(/C=N/O)C(=O)NCOC(=O)CC1CCCCC1. The smallest absolute Gasteiger partial charge is 0.324 e. The Morgan fingerprint density at radius 2 is 1.88 bits per heavy atom. The zero-order valence-corrected chi connectivity index (χ0v) is 14.9. The minimum Gasteiger partial charge on any atom is -0.465 e. The number of hydrogen-bond acceptors (Lipinski definition) is 7. The summed E-state index contributed by atoms with van der Waals surface area (Å²) in [4.78, 5) is 35.6. The fourth-order valence-corrected chi connectivity index (χ4v) is 2.62. The molecule has 8 heteroatoms. The number of oxime groups is 1. The number of ether oxygens (including phenoxy) is 2. The Bertz CT molecular complexity index is 472. The molecular formula is C17H28N2O6. The highest BCUT2D eigenvalue weighted by molar-refractivity contribution is 6.10. The van der Waals surface area contributed by atoms with Crippen LogP contribution in [0.2, 0.25) is 0 Å². The van der Waals surface area contributed by atoms with Crippen LogP contribution in [0, 0.1) is 17.8 Å². The molecule has 2 N–H and O–H groups in total. The van der Waals surface area contributed by atoms with Gasteiger partial charge in [0.25, 0.3) is 0 Å². The van der Waals surface area contributed by atoms with E-state index in [1.807, 2.05) is 13.8 Å². The highest BCUT2D eigenvalue weighted by atomic mass is 16.5. The molecule has 0 saturated heterocycles. The Balaban J connectivity index is 2.35. The molecule has 1 amide bonds. The summed E-state index contributed by atoms with van der Waals surface area (Å²) in [6.07, 6.45) is 6.65. The molecule has 1 fully saturated rings. The molecular weight excluding hydrogens is 328 g/mol. The fourth-order valence-electron chi connectivity index (χ4n) is 2.62. The van der Waals surface area contributed by atoms with Gasteiger partial charge in [0.1, 0.15) is 0 Å². The topological polar surface area (TPSA) is 114 Å². The lowest BCUT2D eigenvalue weighted by Crippen LogP contribution is -2.39. The summed E-state index contributed by atoms with van der Waals surface area (Å²) in [7, 11) is 0. The van der Waals surface area contributed by atoms with E-state index in [1.165, 1.54) is 6.42 Å². The van der Waals surface area contributed by atoms with Gasteiger partial charge in [-0.2, -0.15) is 0 Å². The van der Waals surface area contributed by atoms with E-state index in [1.54, 1.807) is 0 Å². The predicted molar refractivity (Wildman–Crippen MR) is 89.9 cm³/mol. The van der Waals surface area contributed by atoms with Crippen LogP contribution in [0.15, 0.2) is 5.16 Å². The molecule has 25 heavy (non-hydrogen) atoms. The van der Waals surface area contributed by atoms with Crippen LogP contribution in [0.5, 0.6) is 0 Å². The van der Waals surface area contributed by atoms with Crippen molar-refractivity contribution < 1.29 is 29.1 Å². The van der Waals surface area contributed by atoms with Crippen molar-refractivity contribution in [2.45, 2.75) is 52.4 Å². The zero-order valence-electron chi connectivity index (χ0n) is 14.9. The highest BCUT2D eigenvalue weighted by Gasteiger charge is 2.27. The van der Waals surface area contributed by atoms with E-state index < -0.39 is 17.8 Å². The van der Waals surface area contributed by atoms with E-state index in [4.69, 9.17) is 14.7 Å². The quantitative estimate of drug-likeness (QED) is 0.163. The van der Waals surface area contributed by atoms with Gasteiger partial charge >= 0.3 is 11.9 Å². The van der Waals surface area contributed by atoms with Gasteiger partial charge < -0.3 is 20.0 Å². The largest absolute Gasteiger partial charge is 0.465 e. The molecule has 0 aromatic heterocycles. The van der Waals surface area contributed by atoms with Crippen molar-refractivity contribution in [2.24, 2.45) is 22.9 Å². The summed E-state index contributed by atoms with van der Waals surface area (Å²) in [6, 6.07) is 0. The number of nitrogens with one attached hydrogen (secondary N) is 1. The lowest BCUT2D eigenvalue weighted by Gasteiger charge is -2.20. The number of nitrogens with zero attached hydrogens (tertiary/aromatic N) is 1. The lowest BCUT2D eigenvalue weighted by molar-refractivity contribution is -0.151. The molecule has 0 spiro atoms. The standard InChI is InChI=1S/C17H28N2O6/c1-12(2)10-24-17(22)14(9-19-23)16(21)18-11-25-15(20)8-13-6-4-3-5-7-13/h9,12-14,23H,3-8,10-11H2,1-2H3,(H,18,21)/b19-9+. The first-order valence-corrected chi connectivity index (χ1v) is 8.71. The van der Waals surface area contributed by atoms with Gasteiger partial charge in [0.2, 0.25) is 5.91 Å². The van der Waals surface area contributed by atoms with Crippen molar-refractivity contribution in [1.82, 2.24) is 5.32 Å². The molecule has 1 aliphatic carbocycles. The third-order valence-corrected chi connectivity index (χ3v) is 3.97. The van der Waals surface area contributed by atoms with E-state index >= 15 is 0 Å². The second kappa shape index (κ2) is 11.4. The molecule has 1 aliphatic rings. The number of carbonyl (C=O) groups is 3. The summed E-state index contributed by atoms with van der Waals surface area (Å²) in [5.74, 6) is -2.88. The second-order valence-electron chi connectivity index (χ2n) is 6.68. The molecule has 0 aliphatic heterocycles. The Kier molecular flexibility index (Phi) is 9.57. The summed E-state index contributed by atoms with van der Waals surface area (Å²) in [5.41, 5.74) is 0. The van der Waals surface area contributed by atoms with Gasteiger partial charge in [-0.3, -0.25) is 14.4 Å². The van der Waals surface area contributed by atoms with Crippen LogP contribution in [0.1, 0.15) is 52.4 Å². The average Bonchev–Trinajstić information content (AvgIpc) is 2.58. The van der Waals surface area contributed by atoms with Gasteiger partial charge in [0.15, 0.2) is 12.6 Å². The van der Waals surface area contributed by atoms with E-state index in [2.05, 4.69) is 10.5 Å². The minimum atomic E-state index is -1.39. The summed E-state index contributed by atoms with van der Waals surface area (Å²) in [5, 5.41) is 13.7. The van der Waals surface area contributed by atoms with Crippen molar-refractivity contribution in [1.29, 1.82) is 0 Å². The molecule has 0 bridgehead atoms. The number of esters is 2. The predicted octanol–water partition coefficient (Wildman–Crippen LogP) is 1.85. The second-order valence-corrected chi connectivity index (χ2v) is 6.68. The van der Waals surface area contributed by atoms with Gasteiger partial charge in [0, 0.05) is 6.42 Å². The Morgan fingerprint density at radius 1 is 1.20 bits per heavy atom. The third-order valence-electron chi connectivity index (χ3n) is 3.97. The van der Waals surface area contributed by atoms with Gasteiger partial charge in [-0.15, -0.1) is 5.16 Å². The van der Waals surface area contributed by atoms with Crippen LogP contribution in [0.25, 0.3) is 0 Å². The summed E-state index contributed by atoms with van der Waals surface area (Å²) >= 11 is 0. The van der Waals surface area contributed by atoms with Gasteiger partial charge in [-0.25, -0.2) is 0 Å². The maximum absolute atomic E-state index is 12.0. The molecule has 1 unspecified atom stereocenters. The van der Waals surface area contributed by atoms with E-state index in [0.29, 0.717) is 12.3 Å². The van der Waals surface area contributed by atoms with Crippen LogP contribution in [-0.2, 0) is 23.9 Å². The lowest BCUT2D eigenvalue weighted by atomic mass is 9.87. The maximum atomic E-state index is 12.0. The monoisotopic (exact) mass is 356 g/mol. The van der Waals surface area contributed by atoms with E-state index in [0.717, 1.165) is 31.9 Å². The molecule has 1 saturated carbocycles. The normalized spacial score (nSPS) is 16.6.